The summed E-state index contributed by atoms with van der Waals surface area (Å²) in [6, 6.07) is -0.884. The molecular formula is C24H46N4O3. The second kappa shape index (κ2) is 21.2. The van der Waals surface area contributed by atoms with Crippen molar-refractivity contribution in [2.24, 2.45) is 16.5 Å². The van der Waals surface area contributed by atoms with Crippen LogP contribution in [0.1, 0.15) is 110 Å². The number of rotatable bonds is 21. The van der Waals surface area contributed by atoms with Crippen LogP contribution in [0.4, 0.5) is 0 Å². The highest BCUT2D eigenvalue weighted by molar-refractivity contribution is 5.83. The van der Waals surface area contributed by atoms with Gasteiger partial charge in [-0.05, 0) is 44.9 Å². The highest BCUT2D eigenvalue weighted by atomic mass is 16.4. The van der Waals surface area contributed by atoms with Crippen LogP contribution in [0, 0.1) is 0 Å². The number of unbranched alkanes of at least 4 members (excludes halogenated alkanes) is 11. The Morgan fingerprint density at radius 3 is 1.97 bits per heavy atom. The highest BCUT2D eigenvalue weighted by Crippen LogP contribution is 2.10. The Hall–Kier alpha value is -2.05. The van der Waals surface area contributed by atoms with E-state index >= 15 is 0 Å². The van der Waals surface area contributed by atoms with E-state index in [2.05, 4.69) is 29.4 Å². The van der Waals surface area contributed by atoms with Gasteiger partial charge in [0, 0.05) is 13.0 Å². The van der Waals surface area contributed by atoms with Gasteiger partial charge in [-0.3, -0.25) is 9.79 Å². The van der Waals surface area contributed by atoms with Crippen molar-refractivity contribution in [3.05, 3.63) is 12.2 Å². The van der Waals surface area contributed by atoms with Crippen LogP contribution in [0.25, 0.3) is 0 Å². The number of carboxylic acids is 1. The van der Waals surface area contributed by atoms with Gasteiger partial charge in [-0.2, -0.15) is 0 Å². The molecular weight excluding hydrogens is 392 g/mol. The standard InChI is InChI=1S/C24H46N4O3/c1-2-3-4-5-6-7-8-9-10-11-12-13-14-15-16-19-22(29)28-21(23(30)31)18-17-20-27-24(25)26/h9-10,21H,2-8,11-20H2,1H3,(H,28,29)(H,30,31)(H4,25,26,27)/b10-9+. The van der Waals surface area contributed by atoms with Gasteiger partial charge in [0.25, 0.3) is 0 Å². The predicted octanol–water partition coefficient (Wildman–Crippen LogP) is 4.65. The number of nitrogens with zero attached hydrogens (tertiary/aromatic N) is 1. The van der Waals surface area contributed by atoms with Crippen molar-refractivity contribution in [3.63, 3.8) is 0 Å². The number of aliphatic carboxylic acids is 1. The molecule has 0 aromatic heterocycles. The van der Waals surface area contributed by atoms with E-state index in [-0.39, 0.29) is 11.9 Å². The van der Waals surface area contributed by atoms with Crippen molar-refractivity contribution in [3.8, 4) is 0 Å². The Morgan fingerprint density at radius 1 is 0.871 bits per heavy atom. The average Bonchev–Trinajstić information content (AvgIpc) is 2.72. The zero-order valence-electron chi connectivity index (χ0n) is 19.6. The minimum absolute atomic E-state index is 0.0138. The van der Waals surface area contributed by atoms with Gasteiger partial charge in [-0.1, -0.05) is 70.4 Å². The number of hydrogen-bond acceptors (Lipinski definition) is 3. The summed E-state index contributed by atoms with van der Waals surface area (Å²) in [6.07, 6.45) is 21.5. The lowest BCUT2D eigenvalue weighted by Crippen LogP contribution is -2.40. The van der Waals surface area contributed by atoms with Crippen molar-refractivity contribution in [2.75, 3.05) is 6.54 Å². The van der Waals surface area contributed by atoms with Crippen LogP contribution in [0.3, 0.4) is 0 Å². The number of carboxylic acid groups (broad SMARTS) is 1. The van der Waals surface area contributed by atoms with E-state index in [0.717, 1.165) is 25.7 Å². The Balaban J connectivity index is 3.61. The number of carbonyl (C=O) groups is 2. The van der Waals surface area contributed by atoms with Crippen LogP contribution in [0.15, 0.2) is 17.1 Å². The molecule has 7 nitrogen and oxygen atoms in total. The second-order valence-corrected chi connectivity index (χ2v) is 8.24. The number of amides is 1. The molecule has 0 spiro atoms. The number of carbonyl (C=O) groups excluding carboxylic acids is 1. The predicted molar refractivity (Wildman–Crippen MR) is 129 cm³/mol. The zero-order valence-corrected chi connectivity index (χ0v) is 19.6. The summed E-state index contributed by atoms with van der Waals surface area (Å²) in [5.74, 6) is -1.24. The molecule has 0 radical (unpaired) electrons. The lowest BCUT2D eigenvalue weighted by atomic mass is 10.1. The lowest BCUT2D eigenvalue weighted by molar-refractivity contribution is -0.142. The molecule has 0 aromatic carbocycles. The van der Waals surface area contributed by atoms with E-state index in [9.17, 15) is 14.7 Å². The minimum Gasteiger partial charge on any atom is -0.480 e. The third kappa shape index (κ3) is 21.0. The highest BCUT2D eigenvalue weighted by Gasteiger charge is 2.18. The number of nitrogens with two attached hydrogens (primary N) is 2. The molecule has 1 atom stereocenters. The largest absolute Gasteiger partial charge is 0.480 e. The van der Waals surface area contributed by atoms with Gasteiger partial charge in [0.15, 0.2) is 5.96 Å². The van der Waals surface area contributed by atoms with Crippen molar-refractivity contribution < 1.29 is 14.7 Å². The summed E-state index contributed by atoms with van der Waals surface area (Å²) >= 11 is 0. The van der Waals surface area contributed by atoms with E-state index in [0.29, 0.717) is 25.8 Å². The Morgan fingerprint density at radius 2 is 1.42 bits per heavy atom. The molecule has 0 aliphatic heterocycles. The van der Waals surface area contributed by atoms with Crippen molar-refractivity contribution >= 4 is 17.8 Å². The van der Waals surface area contributed by atoms with Crippen LogP contribution in [0.5, 0.6) is 0 Å². The molecule has 0 fully saturated rings. The number of allylic oxidation sites excluding steroid dienone is 2. The van der Waals surface area contributed by atoms with E-state index in [1.807, 2.05) is 0 Å². The fraction of sp³-hybridized carbons (Fsp3) is 0.792. The van der Waals surface area contributed by atoms with Crippen LogP contribution in [-0.4, -0.2) is 35.5 Å². The summed E-state index contributed by atoms with van der Waals surface area (Å²) in [5, 5.41) is 11.8. The molecule has 1 unspecified atom stereocenters. The molecule has 31 heavy (non-hydrogen) atoms. The van der Waals surface area contributed by atoms with E-state index in [4.69, 9.17) is 11.5 Å². The number of nitrogens with one attached hydrogen (secondary N) is 1. The first-order valence-electron chi connectivity index (χ1n) is 12.2. The van der Waals surface area contributed by atoms with Gasteiger partial charge in [-0.15, -0.1) is 0 Å². The summed E-state index contributed by atoms with van der Waals surface area (Å²) < 4.78 is 0. The first-order chi connectivity index (χ1) is 15.0. The fourth-order valence-corrected chi connectivity index (χ4v) is 3.38. The third-order valence-corrected chi connectivity index (χ3v) is 5.24. The molecule has 0 bridgehead atoms. The van der Waals surface area contributed by atoms with Crippen molar-refractivity contribution in [1.29, 1.82) is 0 Å². The minimum atomic E-state index is -1.03. The Kier molecular flexibility index (Phi) is 19.8. The van der Waals surface area contributed by atoms with E-state index in [1.54, 1.807) is 0 Å². The normalized spacial score (nSPS) is 12.0. The molecule has 1 amide bonds. The molecule has 0 aromatic rings. The van der Waals surface area contributed by atoms with Gasteiger partial charge in [0.05, 0.1) is 0 Å². The Bertz CT molecular complexity index is 517. The number of hydrogen-bond donors (Lipinski definition) is 4. The lowest BCUT2D eigenvalue weighted by Gasteiger charge is -2.14. The van der Waals surface area contributed by atoms with Crippen molar-refractivity contribution in [2.45, 2.75) is 116 Å². The molecule has 0 aliphatic carbocycles. The number of guanidine groups is 1. The van der Waals surface area contributed by atoms with Crippen LogP contribution >= 0.6 is 0 Å². The summed E-state index contributed by atoms with van der Waals surface area (Å²) in [4.78, 5) is 27.1. The van der Waals surface area contributed by atoms with Gasteiger partial charge in [-0.25, -0.2) is 4.79 Å². The molecule has 0 saturated carbocycles. The molecule has 7 heteroatoms. The van der Waals surface area contributed by atoms with Crippen LogP contribution in [-0.2, 0) is 9.59 Å². The molecule has 6 N–H and O–H groups in total. The summed E-state index contributed by atoms with van der Waals surface area (Å²) in [6.45, 7) is 2.61. The van der Waals surface area contributed by atoms with E-state index in [1.165, 1.54) is 57.8 Å². The zero-order chi connectivity index (χ0) is 23.2. The maximum Gasteiger partial charge on any atom is 0.326 e. The van der Waals surface area contributed by atoms with Gasteiger partial charge in [0.2, 0.25) is 5.91 Å². The molecule has 0 saturated heterocycles. The van der Waals surface area contributed by atoms with Crippen LogP contribution < -0.4 is 16.8 Å². The molecule has 0 rings (SSSR count). The maximum atomic E-state index is 12.0. The fourth-order valence-electron chi connectivity index (χ4n) is 3.38. The smallest absolute Gasteiger partial charge is 0.326 e. The van der Waals surface area contributed by atoms with Gasteiger partial charge in [0.1, 0.15) is 6.04 Å². The van der Waals surface area contributed by atoms with Gasteiger partial charge < -0.3 is 21.9 Å². The van der Waals surface area contributed by atoms with Gasteiger partial charge >= 0.3 is 5.97 Å². The SMILES string of the molecule is CCCCCCCC/C=C/CCCCCCCC(=O)NC(CCCN=C(N)N)C(=O)O. The Labute approximate surface area is 189 Å². The molecule has 0 heterocycles. The topological polar surface area (TPSA) is 131 Å². The summed E-state index contributed by atoms with van der Waals surface area (Å²) in [5.41, 5.74) is 10.5. The van der Waals surface area contributed by atoms with Crippen molar-refractivity contribution in [1.82, 2.24) is 5.32 Å². The first kappa shape index (κ1) is 28.9. The summed E-state index contributed by atoms with van der Waals surface area (Å²) in [7, 11) is 0. The van der Waals surface area contributed by atoms with Crippen LogP contribution in [0.2, 0.25) is 0 Å². The monoisotopic (exact) mass is 438 g/mol. The molecule has 180 valence electrons. The number of aliphatic imine (C=N–C) groups is 1. The average molecular weight is 439 g/mol. The maximum absolute atomic E-state index is 12.0. The first-order valence-corrected chi connectivity index (χ1v) is 12.2. The third-order valence-electron chi connectivity index (χ3n) is 5.24. The van der Waals surface area contributed by atoms with E-state index < -0.39 is 12.0 Å². The quantitative estimate of drug-likeness (QED) is 0.0896. The molecule has 0 aliphatic rings. The second-order valence-electron chi connectivity index (χ2n) is 8.24.